The maximum Gasteiger partial charge on any atom is -0.0383 e. The van der Waals surface area contributed by atoms with Crippen molar-refractivity contribution in [2.45, 2.75) is 72.6 Å². The van der Waals surface area contributed by atoms with Gasteiger partial charge in [-0.1, -0.05) is 27.7 Å². The Hall–Kier alpha value is 0. The van der Waals surface area contributed by atoms with Gasteiger partial charge in [0.05, 0.1) is 0 Å². The zero-order chi connectivity index (χ0) is 13.6. The first-order valence-electron chi connectivity index (χ1n) is 9.08. The van der Waals surface area contributed by atoms with Gasteiger partial charge in [0.1, 0.15) is 0 Å². The van der Waals surface area contributed by atoms with Crippen molar-refractivity contribution in [3.05, 3.63) is 0 Å². The third-order valence-electron chi connectivity index (χ3n) is 7.96. The molecule has 5 aliphatic rings. The molecule has 0 heterocycles. The van der Waals surface area contributed by atoms with Crippen LogP contribution in [-0.2, 0) is 0 Å². The minimum Gasteiger partial charge on any atom is -0.0620 e. The molecule has 6 atom stereocenters. The molecule has 5 rings (SSSR count). The summed E-state index contributed by atoms with van der Waals surface area (Å²) in [5.74, 6) is 8.59. The molecule has 5 fully saturated rings. The number of hydrogen-bond donors (Lipinski definition) is 0. The second-order valence-corrected chi connectivity index (χ2v) is 8.44. The third kappa shape index (κ3) is 2.49. The topological polar surface area (TPSA) is 0 Å². The molecule has 0 spiro atoms. The Morgan fingerprint density at radius 2 is 0.684 bits per heavy atom. The van der Waals surface area contributed by atoms with E-state index >= 15 is 0 Å². The van der Waals surface area contributed by atoms with E-state index in [2.05, 4.69) is 27.7 Å². The van der Waals surface area contributed by atoms with Crippen LogP contribution in [0.4, 0.5) is 0 Å². The Labute approximate surface area is 120 Å². The standard InChI is InChI=1S/C10H18.C9H16/c1-7-8(2)10-5-3-9(7)4-6-10;1-6-7(2)9-4-3-8(6)5-9/h7-10H,3-6H2,1-2H3;6-9H,3-5H2,1-2H3. The van der Waals surface area contributed by atoms with E-state index in [0.29, 0.717) is 0 Å². The molecule has 0 saturated heterocycles. The first-order chi connectivity index (χ1) is 9.08. The van der Waals surface area contributed by atoms with E-state index in [1.54, 1.807) is 6.42 Å². The fraction of sp³-hybridized carbons (Fsp3) is 1.00. The molecule has 0 radical (unpaired) electrons. The Bertz CT molecular complexity index is 261. The zero-order valence-electron chi connectivity index (χ0n) is 13.6. The van der Waals surface area contributed by atoms with Gasteiger partial charge < -0.3 is 0 Å². The largest absolute Gasteiger partial charge is 0.0620 e. The van der Waals surface area contributed by atoms with Crippen LogP contribution in [0.15, 0.2) is 0 Å². The highest BCUT2D eigenvalue weighted by Gasteiger charge is 2.42. The fourth-order valence-corrected chi connectivity index (χ4v) is 5.92. The monoisotopic (exact) mass is 262 g/mol. The third-order valence-corrected chi connectivity index (χ3v) is 7.96. The molecular formula is C19H34. The molecule has 0 heteroatoms. The minimum absolute atomic E-state index is 1.03. The average Bonchev–Trinajstić information content (AvgIpc) is 3.01. The van der Waals surface area contributed by atoms with Crippen molar-refractivity contribution in [3.63, 3.8) is 0 Å². The van der Waals surface area contributed by atoms with Crippen LogP contribution in [0.25, 0.3) is 0 Å². The molecule has 0 nitrogen and oxygen atoms in total. The lowest BCUT2D eigenvalue weighted by Gasteiger charge is -2.46. The summed E-state index contributed by atoms with van der Waals surface area (Å²) >= 11 is 0. The quantitative estimate of drug-likeness (QED) is 0.520. The molecule has 5 aliphatic carbocycles. The Morgan fingerprint density at radius 1 is 0.421 bits per heavy atom. The van der Waals surface area contributed by atoms with E-state index in [9.17, 15) is 0 Å². The SMILES string of the molecule is CC1C2CCC(C2)C1C.CC1C2CCC(CC2)C1C. The van der Waals surface area contributed by atoms with Gasteiger partial charge in [0.2, 0.25) is 0 Å². The molecule has 4 bridgehead atoms. The molecular weight excluding hydrogens is 228 g/mol. The van der Waals surface area contributed by atoms with Crippen molar-refractivity contribution >= 4 is 0 Å². The van der Waals surface area contributed by atoms with Crippen molar-refractivity contribution in [2.24, 2.45) is 47.3 Å². The summed E-state index contributed by atoms with van der Waals surface area (Å²) in [5.41, 5.74) is 0. The van der Waals surface area contributed by atoms with E-state index in [1.165, 1.54) is 38.5 Å². The Kier molecular flexibility index (Phi) is 3.98. The molecule has 0 aromatic heterocycles. The summed E-state index contributed by atoms with van der Waals surface area (Å²) in [5, 5.41) is 0. The van der Waals surface area contributed by atoms with E-state index in [1.807, 2.05) is 0 Å². The van der Waals surface area contributed by atoms with Crippen molar-refractivity contribution < 1.29 is 0 Å². The first-order valence-corrected chi connectivity index (χ1v) is 9.08. The van der Waals surface area contributed by atoms with Gasteiger partial charge in [-0.05, 0) is 92.3 Å². The highest BCUT2D eigenvalue weighted by molar-refractivity contribution is 4.92. The van der Waals surface area contributed by atoms with Crippen molar-refractivity contribution in [2.75, 3.05) is 0 Å². The molecule has 0 aromatic rings. The smallest absolute Gasteiger partial charge is 0.0383 e. The Morgan fingerprint density at radius 3 is 0.895 bits per heavy atom. The van der Waals surface area contributed by atoms with E-state index in [-0.39, 0.29) is 0 Å². The van der Waals surface area contributed by atoms with Crippen molar-refractivity contribution in [3.8, 4) is 0 Å². The number of hydrogen-bond acceptors (Lipinski definition) is 0. The van der Waals surface area contributed by atoms with Crippen LogP contribution in [0.3, 0.4) is 0 Å². The lowest BCUT2D eigenvalue weighted by atomic mass is 9.60. The van der Waals surface area contributed by atoms with Gasteiger partial charge in [0, 0.05) is 0 Å². The maximum atomic E-state index is 2.46. The minimum atomic E-state index is 1.03. The van der Waals surface area contributed by atoms with Crippen LogP contribution in [0.2, 0.25) is 0 Å². The molecule has 0 aliphatic heterocycles. The summed E-state index contributed by atoms with van der Waals surface area (Å²) < 4.78 is 0. The normalized spacial score (nSPS) is 54.9. The number of fused-ring (bicyclic) bond motifs is 5. The molecule has 0 aromatic carbocycles. The molecule has 5 saturated carbocycles. The van der Waals surface area contributed by atoms with Crippen LogP contribution < -0.4 is 0 Å². The van der Waals surface area contributed by atoms with E-state index in [4.69, 9.17) is 0 Å². The summed E-state index contributed by atoms with van der Waals surface area (Å²) in [7, 11) is 0. The van der Waals surface area contributed by atoms with Gasteiger partial charge >= 0.3 is 0 Å². The lowest BCUT2D eigenvalue weighted by molar-refractivity contribution is 0.0455. The predicted molar refractivity (Wildman–Crippen MR) is 82.9 cm³/mol. The second-order valence-electron chi connectivity index (χ2n) is 8.44. The van der Waals surface area contributed by atoms with Crippen LogP contribution in [0.5, 0.6) is 0 Å². The molecule has 110 valence electrons. The average molecular weight is 262 g/mol. The van der Waals surface area contributed by atoms with Crippen molar-refractivity contribution in [1.29, 1.82) is 0 Å². The predicted octanol–water partition coefficient (Wildman–Crippen LogP) is 5.77. The molecule has 0 amide bonds. The van der Waals surface area contributed by atoms with E-state index < -0.39 is 0 Å². The number of rotatable bonds is 0. The highest BCUT2D eigenvalue weighted by atomic mass is 14.5. The molecule has 0 N–H and O–H groups in total. The zero-order valence-corrected chi connectivity index (χ0v) is 13.6. The molecule has 6 unspecified atom stereocenters. The first kappa shape index (κ1) is 14.0. The van der Waals surface area contributed by atoms with Gasteiger partial charge in [-0.3, -0.25) is 0 Å². The lowest BCUT2D eigenvalue weighted by Crippen LogP contribution is -2.36. The van der Waals surface area contributed by atoms with Crippen molar-refractivity contribution in [1.82, 2.24) is 0 Å². The fourth-order valence-electron chi connectivity index (χ4n) is 5.92. The highest BCUT2D eigenvalue weighted by Crippen LogP contribution is 2.51. The summed E-state index contributed by atoms with van der Waals surface area (Å²) in [4.78, 5) is 0. The Balaban J connectivity index is 0.000000117. The summed E-state index contributed by atoms with van der Waals surface area (Å²) in [6.45, 7) is 9.80. The summed E-state index contributed by atoms with van der Waals surface area (Å²) in [6, 6.07) is 0. The van der Waals surface area contributed by atoms with E-state index in [0.717, 1.165) is 47.3 Å². The van der Waals surface area contributed by atoms with Gasteiger partial charge in [-0.2, -0.15) is 0 Å². The second kappa shape index (κ2) is 5.41. The van der Waals surface area contributed by atoms with Gasteiger partial charge in [-0.15, -0.1) is 0 Å². The van der Waals surface area contributed by atoms with Gasteiger partial charge in [0.15, 0.2) is 0 Å². The summed E-state index contributed by atoms with van der Waals surface area (Å²) in [6.07, 6.45) is 10.8. The maximum absolute atomic E-state index is 2.46. The van der Waals surface area contributed by atoms with Gasteiger partial charge in [-0.25, -0.2) is 0 Å². The van der Waals surface area contributed by atoms with Crippen LogP contribution in [-0.4, -0.2) is 0 Å². The van der Waals surface area contributed by atoms with Gasteiger partial charge in [0.25, 0.3) is 0 Å². The van der Waals surface area contributed by atoms with Crippen LogP contribution in [0.1, 0.15) is 72.6 Å². The molecule has 19 heavy (non-hydrogen) atoms. The van der Waals surface area contributed by atoms with Crippen LogP contribution >= 0.6 is 0 Å². The van der Waals surface area contributed by atoms with Crippen LogP contribution in [0, 0.1) is 47.3 Å².